The first kappa shape index (κ1) is 13.0. The van der Waals surface area contributed by atoms with E-state index in [1.165, 1.54) is 12.8 Å². The van der Waals surface area contributed by atoms with Crippen molar-refractivity contribution in [3.05, 3.63) is 0 Å². The molecule has 0 heterocycles. The number of nitrogens with one attached hydrogen (secondary N) is 1. The molecule has 0 aromatic carbocycles. The monoisotopic (exact) mass is 227 g/mol. The number of rotatable bonds is 4. The molecule has 2 amide bonds. The highest BCUT2D eigenvalue weighted by Gasteiger charge is 2.20. The second kappa shape index (κ2) is 6.48. The van der Waals surface area contributed by atoms with Crippen molar-refractivity contribution in [2.75, 3.05) is 0 Å². The second-order valence-electron chi connectivity index (χ2n) is 4.47. The Morgan fingerprint density at radius 1 is 1.19 bits per heavy atom. The predicted octanol–water partition coefficient (Wildman–Crippen LogP) is 0.0281. The molecule has 5 heteroatoms. The fourth-order valence-electron chi connectivity index (χ4n) is 2.04. The van der Waals surface area contributed by atoms with E-state index in [0.29, 0.717) is 0 Å². The van der Waals surface area contributed by atoms with Gasteiger partial charge in [0.25, 0.3) is 0 Å². The number of primary amides is 1. The van der Waals surface area contributed by atoms with E-state index < -0.39 is 11.9 Å². The van der Waals surface area contributed by atoms with Gasteiger partial charge in [-0.1, -0.05) is 25.7 Å². The van der Waals surface area contributed by atoms with Gasteiger partial charge < -0.3 is 16.8 Å². The minimum Gasteiger partial charge on any atom is -0.370 e. The van der Waals surface area contributed by atoms with Gasteiger partial charge in [-0.15, -0.1) is 0 Å². The topological polar surface area (TPSA) is 98.2 Å². The zero-order valence-electron chi connectivity index (χ0n) is 9.58. The SMILES string of the molecule is NC(=O)CC(N)C(=O)NC1CCCCCC1. The first-order valence-corrected chi connectivity index (χ1v) is 5.94. The van der Waals surface area contributed by atoms with Crippen molar-refractivity contribution in [3.8, 4) is 0 Å². The Bertz CT molecular complexity index is 248. The summed E-state index contributed by atoms with van der Waals surface area (Å²) in [5.41, 5.74) is 10.6. The number of carbonyl (C=O) groups excluding carboxylic acids is 2. The molecule has 1 rings (SSSR count). The van der Waals surface area contributed by atoms with E-state index in [-0.39, 0.29) is 18.4 Å². The number of hydrogen-bond donors (Lipinski definition) is 3. The van der Waals surface area contributed by atoms with Gasteiger partial charge in [0.1, 0.15) is 0 Å². The van der Waals surface area contributed by atoms with Gasteiger partial charge in [0, 0.05) is 6.04 Å². The van der Waals surface area contributed by atoms with Crippen LogP contribution in [0.1, 0.15) is 44.9 Å². The molecule has 5 nitrogen and oxygen atoms in total. The highest BCUT2D eigenvalue weighted by Crippen LogP contribution is 2.17. The van der Waals surface area contributed by atoms with Crippen LogP contribution in [0.4, 0.5) is 0 Å². The van der Waals surface area contributed by atoms with E-state index >= 15 is 0 Å². The molecular weight excluding hydrogens is 206 g/mol. The zero-order valence-corrected chi connectivity index (χ0v) is 9.58. The standard InChI is InChI=1S/C11H21N3O2/c12-9(7-10(13)15)11(16)14-8-5-3-1-2-4-6-8/h8-9H,1-7,12H2,(H2,13,15)(H,14,16). The van der Waals surface area contributed by atoms with Crippen LogP contribution in [0.2, 0.25) is 0 Å². The molecule has 16 heavy (non-hydrogen) atoms. The summed E-state index contributed by atoms with van der Waals surface area (Å²) in [6, 6.07) is -0.588. The van der Waals surface area contributed by atoms with Crippen LogP contribution in [-0.2, 0) is 9.59 Å². The summed E-state index contributed by atoms with van der Waals surface area (Å²) >= 11 is 0. The van der Waals surface area contributed by atoms with E-state index in [1.54, 1.807) is 0 Å². The lowest BCUT2D eigenvalue weighted by Crippen LogP contribution is -2.46. The lowest BCUT2D eigenvalue weighted by Gasteiger charge is -2.18. The van der Waals surface area contributed by atoms with Crippen LogP contribution >= 0.6 is 0 Å². The van der Waals surface area contributed by atoms with Crippen LogP contribution in [0, 0.1) is 0 Å². The van der Waals surface area contributed by atoms with Gasteiger partial charge in [-0.25, -0.2) is 0 Å². The Morgan fingerprint density at radius 3 is 2.25 bits per heavy atom. The van der Waals surface area contributed by atoms with Gasteiger partial charge in [0.05, 0.1) is 12.5 Å². The summed E-state index contributed by atoms with van der Waals surface area (Å²) in [6.07, 6.45) is 6.70. The molecule has 0 aromatic heterocycles. The van der Waals surface area contributed by atoms with E-state index in [2.05, 4.69) is 5.32 Å². The normalized spacial score (nSPS) is 19.8. The van der Waals surface area contributed by atoms with Gasteiger partial charge in [-0.2, -0.15) is 0 Å². The maximum absolute atomic E-state index is 11.6. The molecule has 0 radical (unpaired) electrons. The third-order valence-corrected chi connectivity index (χ3v) is 2.96. The van der Waals surface area contributed by atoms with Gasteiger partial charge >= 0.3 is 0 Å². The van der Waals surface area contributed by atoms with Gasteiger partial charge in [0.15, 0.2) is 0 Å². The summed E-state index contributed by atoms with van der Waals surface area (Å²) in [6.45, 7) is 0. The largest absolute Gasteiger partial charge is 0.370 e. The van der Waals surface area contributed by atoms with E-state index in [4.69, 9.17) is 11.5 Å². The Balaban J connectivity index is 2.34. The van der Waals surface area contributed by atoms with Crippen LogP contribution in [-0.4, -0.2) is 23.9 Å². The molecule has 0 aromatic rings. The van der Waals surface area contributed by atoms with Crippen molar-refractivity contribution in [2.45, 2.75) is 57.0 Å². The molecule has 0 saturated heterocycles. The predicted molar refractivity (Wildman–Crippen MR) is 61.4 cm³/mol. The average Bonchev–Trinajstić information content (AvgIpc) is 2.45. The summed E-state index contributed by atoms with van der Waals surface area (Å²) in [7, 11) is 0. The van der Waals surface area contributed by atoms with Gasteiger partial charge in [-0.05, 0) is 12.8 Å². The first-order valence-electron chi connectivity index (χ1n) is 5.94. The molecule has 1 aliphatic carbocycles. The molecule has 92 valence electrons. The van der Waals surface area contributed by atoms with Crippen LogP contribution in [0.5, 0.6) is 0 Å². The first-order chi connectivity index (χ1) is 7.59. The molecule has 1 unspecified atom stereocenters. The van der Waals surface area contributed by atoms with Crippen molar-refractivity contribution in [1.29, 1.82) is 0 Å². The third kappa shape index (κ3) is 4.61. The summed E-state index contributed by atoms with van der Waals surface area (Å²) in [5.74, 6) is -0.797. The van der Waals surface area contributed by atoms with Crippen molar-refractivity contribution in [3.63, 3.8) is 0 Å². The van der Waals surface area contributed by atoms with Crippen molar-refractivity contribution in [2.24, 2.45) is 11.5 Å². The van der Waals surface area contributed by atoms with Crippen LogP contribution < -0.4 is 16.8 Å². The highest BCUT2D eigenvalue weighted by molar-refractivity contribution is 5.87. The van der Waals surface area contributed by atoms with Crippen LogP contribution in [0.15, 0.2) is 0 Å². The fraction of sp³-hybridized carbons (Fsp3) is 0.818. The van der Waals surface area contributed by atoms with Crippen LogP contribution in [0.3, 0.4) is 0 Å². The number of hydrogen-bond acceptors (Lipinski definition) is 3. The number of carbonyl (C=O) groups is 2. The molecule has 1 aliphatic rings. The van der Waals surface area contributed by atoms with Gasteiger partial charge in [0.2, 0.25) is 11.8 Å². The highest BCUT2D eigenvalue weighted by atomic mass is 16.2. The van der Waals surface area contributed by atoms with E-state index in [0.717, 1.165) is 25.7 Å². The molecule has 0 spiro atoms. The molecule has 0 aliphatic heterocycles. The lowest BCUT2D eigenvalue weighted by atomic mass is 10.1. The Kier molecular flexibility index (Phi) is 5.25. The fourth-order valence-corrected chi connectivity index (χ4v) is 2.04. The van der Waals surface area contributed by atoms with E-state index in [1.807, 2.05) is 0 Å². The van der Waals surface area contributed by atoms with E-state index in [9.17, 15) is 9.59 Å². The van der Waals surface area contributed by atoms with Crippen LogP contribution in [0.25, 0.3) is 0 Å². The van der Waals surface area contributed by atoms with Crippen molar-refractivity contribution in [1.82, 2.24) is 5.32 Å². The molecule has 1 saturated carbocycles. The Hall–Kier alpha value is -1.10. The summed E-state index contributed by atoms with van der Waals surface area (Å²) in [4.78, 5) is 22.2. The number of amides is 2. The van der Waals surface area contributed by atoms with Gasteiger partial charge in [-0.3, -0.25) is 9.59 Å². The number of nitrogens with two attached hydrogens (primary N) is 2. The minimum atomic E-state index is -0.805. The molecule has 5 N–H and O–H groups in total. The smallest absolute Gasteiger partial charge is 0.237 e. The molecular formula is C11H21N3O2. The summed E-state index contributed by atoms with van der Waals surface area (Å²) in [5, 5.41) is 2.89. The lowest BCUT2D eigenvalue weighted by molar-refractivity contribution is -0.126. The second-order valence-corrected chi connectivity index (χ2v) is 4.47. The zero-order chi connectivity index (χ0) is 12.0. The summed E-state index contributed by atoms with van der Waals surface area (Å²) < 4.78 is 0. The average molecular weight is 227 g/mol. The van der Waals surface area contributed by atoms with Crippen molar-refractivity contribution >= 4 is 11.8 Å². The van der Waals surface area contributed by atoms with Crippen molar-refractivity contribution < 1.29 is 9.59 Å². The minimum absolute atomic E-state index is 0.0848. The third-order valence-electron chi connectivity index (χ3n) is 2.96. The molecule has 0 bridgehead atoms. The molecule has 1 fully saturated rings. The molecule has 1 atom stereocenters. The Morgan fingerprint density at radius 2 is 1.75 bits per heavy atom. The quantitative estimate of drug-likeness (QED) is 0.591. The maximum atomic E-state index is 11.6. The Labute approximate surface area is 95.9 Å². The maximum Gasteiger partial charge on any atom is 0.237 e.